The van der Waals surface area contributed by atoms with E-state index in [9.17, 15) is 22.0 Å². The average molecular weight is 384 g/mol. The Morgan fingerprint density at radius 2 is 1.69 bits per heavy atom. The Labute approximate surface area is 150 Å². The lowest BCUT2D eigenvalue weighted by molar-refractivity contribution is -0.0498. The van der Waals surface area contributed by atoms with Crippen LogP contribution in [0.4, 0.5) is 8.78 Å². The summed E-state index contributed by atoms with van der Waals surface area (Å²) in [5, 5.41) is 0. The molecule has 1 N–H and O–H groups in total. The van der Waals surface area contributed by atoms with E-state index in [4.69, 9.17) is 0 Å². The second-order valence-electron chi connectivity index (χ2n) is 5.42. The summed E-state index contributed by atoms with van der Waals surface area (Å²) >= 11 is 0. The number of carbonyl (C=O) groups is 1. The summed E-state index contributed by atoms with van der Waals surface area (Å²) in [6.07, 6.45) is 0. The standard InChI is InChI=1S/C17H18F2N2O4S/c1-20-26(23,24)15-9-5-13(6-10-15)16(22)21(2)11-12-3-7-14(8-4-12)25-17(18)19/h3-10,17,20H,11H2,1-2H3. The summed E-state index contributed by atoms with van der Waals surface area (Å²) in [5.41, 5.74) is 1.07. The van der Waals surface area contributed by atoms with Gasteiger partial charge in [0.05, 0.1) is 4.90 Å². The first-order valence-corrected chi connectivity index (χ1v) is 9.04. The van der Waals surface area contributed by atoms with E-state index in [1.807, 2.05) is 0 Å². The van der Waals surface area contributed by atoms with Crippen molar-refractivity contribution in [1.82, 2.24) is 9.62 Å². The van der Waals surface area contributed by atoms with Gasteiger partial charge in [-0.3, -0.25) is 4.79 Å². The van der Waals surface area contributed by atoms with E-state index >= 15 is 0 Å². The third-order valence-electron chi connectivity index (χ3n) is 3.60. The molecule has 0 fully saturated rings. The smallest absolute Gasteiger partial charge is 0.387 e. The van der Waals surface area contributed by atoms with Crippen molar-refractivity contribution in [2.75, 3.05) is 14.1 Å². The summed E-state index contributed by atoms with van der Waals surface area (Å²) < 4.78 is 54.1. The Balaban J connectivity index is 2.05. The van der Waals surface area contributed by atoms with Gasteiger partial charge >= 0.3 is 6.61 Å². The van der Waals surface area contributed by atoms with Crippen molar-refractivity contribution in [1.29, 1.82) is 0 Å². The second-order valence-corrected chi connectivity index (χ2v) is 7.30. The van der Waals surface area contributed by atoms with Gasteiger partial charge in [0, 0.05) is 19.2 Å². The summed E-state index contributed by atoms with van der Waals surface area (Å²) in [6, 6.07) is 11.5. The number of nitrogens with zero attached hydrogens (tertiary/aromatic N) is 1. The first-order valence-electron chi connectivity index (χ1n) is 7.56. The monoisotopic (exact) mass is 384 g/mol. The lowest BCUT2D eigenvalue weighted by Gasteiger charge is -2.18. The van der Waals surface area contributed by atoms with Crippen LogP contribution in [0.5, 0.6) is 5.75 Å². The number of sulfonamides is 1. The molecule has 0 saturated carbocycles. The third-order valence-corrected chi connectivity index (χ3v) is 5.03. The van der Waals surface area contributed by atoms with E-state index in [0.717, 1.165) is 5.56 Å². The van der Waals surface area contributed by atoms with Crippen LogP contribution in [-0.2, 0) is 16.6 Å². The number of ether oxygens (including phenoxy) is 1. The van der Waals surface area contributed by atoms with Crippen molar-refractivity contribution < 1.29 is 26.7 Å². The van der Waals surface area contributed by atoms with Gasteiger partial charge in [0.25, 0.3) is 5.91 Å². The molecule has 0 aromatic heterocycles. The largest absolute Gasteiger partial charge is 0.435 e. The number of nitrogens with one attached hydrogen (secondary N) is 1. The van der Waals surface area contributed by atoms with Gasteiger partial charge in [-0.25, -0.2) is 13.1 Å². The van der Waals surface area contributed by atoms with Crippen molar-refractivity contribution >= 4 is 15.9 Å². The maximum absolute atomic E-state index is 12.4. The molecule has 0 heterocycles. The van der Waals surface area contributed by atoms with Gasteiger partial charge in [0.15, 0.2) is 0 Å². The third kappa shape index (κ3) is 4.99. The highest BCUT2D eigenvalue weighted by molar-refractivity contribution is 7.89. The van der Waals surface area contributed by atoms with E-state index in [-0.39, 0.29) is 23.1 Å². The first kappa shape index (κ1) is 19.8. The summed E-state index contributed by atoms with van der Waals surface area (Å²) in [5.74, 6) is -0.259. The fourth-order valence-electron chi connectivity index (χ4n) is 2.24. The zero-order valence-electron chi connectivity index (χ0n) is 14.1. The van der Waals surface area contributed by atoms with Crippen LogP contribution in [0.15, 0.2) is 53.4 Å². The van der Waals surface area contributed by atoms with Crippen molar-refractivity contribution in [3.8, 4) is 5.75 Å². The van der Waals surface area contributed by atoms with Crippen LogP contribution < -0.4 is 9.46 Å². The number of benzene rings is 2. The van der Waals surface area contributed by atoms with Gasteiger partial charge in [-0.15, -0.1) is 0 Å². The van der Waals surface area contributed by atoms with Crippen LogP contribution in [0, 0.1) is 0 Å². The summed E-state index contributed by atoms with van der Waals surface area (Å²) in [6.45, 7) is -2.63. The van der Waals surface area contributed by atoms with Gasteiger partial charge in [-0.2, -0.15) is 8.78 Å². The number of hydrogen-bond donors (Lipinski definition) is 1. The van der Waals surface area contributed by atoms with E-state index < -0.39 is 16.6 Å². The molecule has 9 heteroatoms. The molecular weight excluding hydrogens is 366 g/mol. The molecule has 2 aromatic carbocycles. The Morgan fingerprint density at radius 1 is 1.12 bits per heavy atom. The van der Waals surface area contributed by atoms with Crippen molar-refractivity contribution in [3.63, 3.8) is 0 Å². The Bertz CT molecular complexity index is 853. The van der Waals surface area contributed by atoms with Crippen molar-refractivity contribution in [3.05, 3.63) is 59.7 Å². The Kier molecular flexibility index (Phi) is 6.27. The van der Waals surface area contributed by atoms with Crippen molar-refractivity contribution in [2.45, 2.75) is 18.1 Å². The summed E-state index contributed by atoms with van der Waals surface area (Å²) in [7, 11) is -0.670. The number of hydrogen-bond acceptors (Lipinski definition) is 4. The van der Waals surface area contributed by atoms with Crippen LogP contribution >= 0.6 is 0 Å². The van der Waals surface area contributed by atoms with Crippen LogP contribution in [0.3, 0.4) is 0 Å². The van der Waals surface area contributed by atoms with Gasteiger partial charge in [0.2, 0.25) is 10.0 Å². The predicted octanol–water partition coefficient (Wildman–Crippen LogP) is 2.47. The Morgan fingerprint density at radius 3 is 2.19 bits per heavy atom. The van der Waals surface area contributed by atoms with Gasteiger partial charge < -0.3 is 9.64 Å². The molecule has 0 aliphatic heterocycles. The number of alkyl halides is 2. The minimum absolute atomic E-state index is 0.0408. The fourth-order valence-corrected chi connectivity index (χ4v) is 2.97. The Hall–Kier alpha value is -2.52. The fraction of sp³-hybridized carbons (Fsp3) is 0.235. The molecule has 0 bridgehead atoms. The lowest BCUT2D eigenvalue weighted by Crippen LogP contribution is -2.26. The van der Waals surface area contributed by atoms with E-state index in [2.05, 4.69) is 9.46 Å². The van der Waals surface area contributed by atoms with Gasteiger partial charge in [0.1, 0.15) is 5.75 Å². The molecule has 0 unspecified atom stereocenters. The van der Waals surface area contributed by atoms with Crippen LogP contribution in [-0.4, -0.2) is 39.9 Å². The quantitative estimate of drug-likeness (QED) is 0.796. The maximum atomic E-state index is 12.4. The zero-order valence-corrected chi connectivity index (χ0v) is 15.0. The molecular formula is C17H18F2N2O4S. The van der Waals surface area contributed by atoms with Crippen LogP contribution in [0.25, 0.3) is 0 Å². The molecule has 0 saturated heterocycles. The molecule has 2 rings (SSSR count). The summed E-state index contributed by atoms with van der Waals surface area (Å²) in [4.78, 5) is 13.9. The molecule has 0 aliphatic carbocycles. The average Bonchev–Trinajstić information content (AvgIpc) is 2.62. The normalized spacial score (nSPS) is 11.4. The molecule has 0 atom stereocenters. The lowest BCUT2D eigenvalue weighted by atomic mass is 10.1. The minimum Gasteiger partial charge on any atom is -0.435 e. The molecule has 6 nitrogen and oxygen atoms in total. The zero-order chi connectivity index (χ0) is 19.3. The van der Waals surface area contributed by atoms with Crippen LogP contribution in [0.1, 0.15) is 15.9 Å². The number of rotatable bonds is 7. The highest BCUT2D eigenvalue weighted by Crippen LogP contribution is 2.17. The molecule has 2 aromatic rings. The number of carbonyl (C=O) groups excluding carboxylic acids is 1. The highest BCUT2D eigenvalue weighted by atomic mass is 32.2. The maximum Gasteiger partial charge on any atom is 0.387 e. The number of amides is 1. The van der Waals surface area contributed by atoms with Crippen LogP contribution in [0.2, 0.25) is 0 Å². The molecule has 1 amide bonds. The molecule has 140 valence electrons. The second kappa shape index (κ2) is 8.24. The highest BCUT2D eigenvalue weighted by Gasteiger charge is 2.15. The first-order chi connectivity index (χ1) is 12.2. The van der Waals surface area contributed by atoms with E-state index in [0.29, 0.717) is 5.56 Å². The van der Waals surface area contributed by atoms with Gasteiger partial charge in [-0.1, -0.05) is 12.1 Å². The predicted molar refractivity (Wildman–Crippen MR) is 91.6 cm³/mol. The van der Waals surface area contributed by atoms with Crippen molar-refractivity contribution in [2.24, 2.45) is 0 Å². The molecule has 0 aliphatic rings. The van der Waals surface area contributed by atoms with Gasteiger partial charge in [-0.05, 0) is 49.0 Å². The minimum atomic E-state index is -3.56. The van der Waals surface area contributed by atoms with E-state index in [1.165, 1.54) is 48.3 Å². The molecule has 0 spiro atoms. The molecule has 0 radical (unpaired) electrons. The van der Waals surface area contributed by atoms with E-state index in [1.54, 1.807) is 19.2 Å². The topological polar surface area (TPSA) is 75.7 Å². The SMILES string of the molecule is CNS(=O)(=O)c1ccc(C(=O)N(C)Cc2ccc(OC(F)F)cc2)cc1. The number of halogens is 2. The molecule has 26 heavy (non-hydrogen) atoms.